The number of nitrogens with one attached hydrogen (secondary N) is 2. The first-order valence-electron chi connectivity index (χ1n) is 10.4. The minimum atomic E-state index is 0. The lowest BCUT2D eigenvalue weighted by Crippen LogP contribution is -3.14. The van der Waals surface area contributed by atoms with Crippen LogP contribution in [0.1, 0.15) is 65.2 Å². The molecule has 5 heteroatoms. The fraction of sp³-hybridized carbons (Fsp3) is 0.905. The lowest BCUT2D eigenvalue weighted by Gasteiger charge is -2.48. The van der Waals surface area contributed by atoms with Crippen molar-refractivity contribution in [2.24, 2.45) is 5.41 Å². The second-order valence-corrected chi connectivity index (χ2v) is 8.88. The van der Waals surface area contributed by atoms with E-state index in [1.165, 1.54) is 71.1 Å². The molecule has 0 bridgehead atoms. The van der Waals surface area contributed by atoms with Gasteiger partial charge in [0.05, 0.1) is 31.8 Å². The largest absolute Gasteiger partial charge is 1.00 e. The normalized spacial score (nSPS) is 34.9. The van der Waals surface area contributed by atoms with Crippen molar-refractivity contribution in [3.63, 3.8) is 0 Å². The highest BCUT2D eigenvalue weighted by Gasteiger charge is 2.46. The second-order valence-electron chi connectivity index (χ2n) is 8.88. The van der Waals surface area contributed by atoms with E-state index in [4.69, 9.17) is 4.74 Å². The quantitative estimate of drug-likeness (QED) is 0.449. The molecule has 1 spiro atoms. The van der Waals surface area contributed by atoms with Crippen molar-refractivity contribution in [2.75, 3.05) is 45.9 Å². The maximum atomic E-state index is 6.10. The van der Waals surface area contributed by atoms with Crippen LogP contribution in [0.3, 0.4) is 0 Å². The summed E-state index contributed by atoms with van der Waals surface area (Å²) in [5, 5.41) is 0. The highest BCUT2D eigenvalue weighted by molar-refractivity contribution is 4.99. The van der Waals surface area contributed by atoms with Gasteiger partial charge in [-0.15, -0.1) is 0 Å². The third-order valence-electron chi connectivity index (χ3n) is 6.80. The SMILES string of the molecule is CCC1(C)CC2(CCC[NH+](CC#CC[NH+]3CCCCC3)C2)CCO1.[Cl-].[Cl-]. The van der Waals surface area contributed by atoms with Gasteiger partial charge in [0.1, 0.15) is 13.1 Å². The molecule has 3 fully saturated rings. The molecule has 3 rings (SSSR count). The number of hydrogen-bond acceptors (Lipinski definition) is 1. The van der Waals surface area contributed by atoms with E-state index in [2.05, 4.69) is 25.7 Å². The zero-order chi connectivity index (χ0) is 16.9. The molecule has 0 aliphatic carbocycles. The van der Waals surface area contributed by atoms with Gasteiger partial charge in [-0.1, -0.05) is 6.92 Å². The predicted molar refractivity (Wildman–Crippen MR) is 98.3 cm³/mol. The molecule has 152 valence electrons. The van der Waals surface area contributed by atoms with Crippen molar-refractivity contribution in [2.45, 2.75) is 70.8 Å². The van der Waals surface area contributed by atoms with Crippen molar-refractivity contribution in [1.82, 2.24) is 0 Å². The van der Waals surface area contributed by atoms with Crippen molar-refractivity contribution in [3.05, 3.63) is 0 Å². The van der Waals surface area contributed by atoms with E-state index in [1.54, 1.807) is 9.80 Å². The maximum absolute atomic E-state index is 6.10. The molecule has 3 aliphatic rings. The zero-order valence-electron chi connectivity index (χ0n) is 16.8. The van der Waals surface area contributed by atoms with Gasteiger partial charge in [0.15, 0.2) is 0 Å². The lowest BCUT2D eigenvalue weighted by molar-refractivity contribution is -0.906. The van der Waals surface area contributed by atoms with Crippen LogP contribution in [-0.2, 0) is 4.74 Å². The second kappa shape index (κ2) is 11.1. The monoisotopic (exact) mass is 404 g/mol. The molecule has 0 aromatic rings. The Morgan fingerprint density at radius 2 is 1.54 bits per heavy atom. The molecule has 0 aromatic heterocycles. The van der Waals surface area contributed by atoms with Gasteiger partial charge in [-0.2, -0.15) is 0 Å². The van der Waals surface area contributed by atoms with Gasteiger partial charge in [-0.05, 0) is 70.1 Å². The van der Waals surface area contributed by atoms with Crippen LogP contribution >= 0.6 is 0 Å². The van der Waals surface area contributed by atoms with Crippen LogP contribution < -0.4 is 34.6 Å². The number of hydrogen-bond donors (Lipinski definition) is 2. The third kappa shape index (κ3) is 6.57. The first-order valence-corrected chi connectivity index (χ1v) is 10.4. The molecular formula is C21H38Cl2N2O. The standard InChI is InChI=1S/C21H36N2O.2ClH/c1-3-20(2)18-21(11-17-24-20)10-9-16-23(19-21)15-8-7-14-22-12-5-4-6-13-22;;/h3-6,9-19H2,1-2H3;2*1H. The van der Waals surface area contributed by atoms with E-state index in [-0.39, 0.29) is 30.4 Å². The van der Waals surface area contributed by atoms with Crippen molar-refractivity contribution < 1.29 is 39.4 Å². The van der Waals surface area contributed by atoms with Gasteiger partial charge in [0.25, 0.3) is 0 Å². The number of quaternary nitrogens is 2. The minimum absolute atomic E-state index is 0. The molecule has 0 radical (unpaired) electrons. The van der Waals surface area contributed by atoms with E-state index < -0.39 is 0 Å². The van der Waals surface area contributed by atoms with Gasteiger partial charge in [0.2, 0.25) is 0 Å². The molecular weight excluding hydrogens is 367 g/mol. The van der Waals surface area contributed by atoms with Gasteiger partial charge < -0.3 is 39.4 Å². The van der Waals surface area contributed by atoms with E-state index in [0.29, 0.717) is 5.41 Å². The summed E-state index contributed by atoms with van der Waals surface area (Å²) in [6, 6.07) is 0. The average molecular weight is 405 g/mol. The predicted octanol–water partition coefficient (Wildman–Crippen LogP) is -5.29. The summed E-state index contributed by atoms with van der Waals surface area (Å²) in [5.74, 6) is 7.01. The van der Waals surface area contributed by atoms with Crippen molar-refractivity contribution in [3.8, 4) is 11.8 Å². The lowest BCUT2D eigenvalue weighted by atomic mass is 9.68. The van der Waals surface area contributed by atoms with Gasteiger partial charge in [-0.25, -0.2) is 0 Å². The molecule has 3 atom stereocenters. The first kappa shape index (κ1) is 24.1. The third-order valence-corrected chi connectivity index (χ3v) is 6.80. The smallest absolute Gasteiger partial charge is 0.139 e. The molecule has 3 unspecified atom stereocenters. The summed E-state index contributed by atoms with van der Waals surface area (Å²) < 4.78 is 6.10. The van der Waals surface area contributed by atoms with Crippen LogP contribution in [0.5, 0.6) is 0 Å². The summed E-state index contributed by atoms with van der Waals surface area (Å²) in [6.07, 6.45) is 10.7. The van der Waals surface area contributed by atoms with Gasteiger partial charge in [0, 0.05) is 12.0 Å². The Kier molecular flexibility index (Phi) is 10.3. The Morgan fingerprint density at radius 1 is 0.885 bits per heavy atom. The van der Waals surface area contributed by atoms with E-state index in [1.807, 2.05) is 0 Å². The molecule has 3 heterocycles. The van der Waals surface area contributed by atoms with Crippen LogP contribution in [0.2, 0.25) is 0 Å². The Bertz CT molecular complexity index is 468. The first-order chi connectivity index (χ1) is 11.6. The van der Waals surface area contributed by atoms with E-state index >= 15 is 0 Å². The Hall–Kier alpha value is 0.0200. The Morgan fingerprint density at radius 3 is 2.23 bits per heavy atom. The summed E-state index contributed by atoms with van der Waals surface area (Å²) >= 11 is 0. The fourth-order valence-corrected chi connectivity index (χ4v) is 5.21. The van der Waals surface area contributed by atoms with Gasteiger partial charge >= 0.3 is 0 Å². The number of halogens is 2. The summed E-state index contributed by atoms with van der Waals surface area (Å²) in [5.41, 5.74) is 0.639. The maximum Gasteiger partial charge on any atom is 0.139 e. The topological polar surface area (TPSA) is 18.1 Å². The van der Waals surface area contributed by atoms with Crippen LogP contribution in [0, 0.1) is 17.3 Å². The molecule has 0 amide bonds. The highest BCUT2D eigenvalue weighted by atomic mass is 35.5. The van der Waals surface area contributed by atoms with Crippen LogP contribution in [0.15, 0.2) is 0 Å². The Balaban J connectivity index is 0.00000169. The Labute approximate surface area is 173 Å². The minimum Gasteiger partial charge on any atom is -1.00 e. The van der Waals surface area contributed by atoms with Gasteiger partial charge in [-0.3, -0.25) is 0 Å². The molecule has 26 heavy (non-hydrogen) atoms. The van der Waals surface area contributed by atoms with Crippen LogP contribution in [0.25, 0.3) is 0 Å². The van der Waals surface area contributed by atoms with E-state index in [0.717, 1.165) is 26.1 Å². The molecule has 3 nitrogen and oxygen atoms in total. The number of ether oxygens (including phenoxy) is 1. The number of piperidine rings is 2. The number of rotatable bonds is 3. The van der Waals surface area contributed by atoms with Crippen molar-refractivity contribution >= 4 is 0 Å². The molecule has 0 saturated carbocycles. The van der Waals surface area contributed by atoms with Crippen molar-refractivity contribution in [1.29, 1.82) is 0 Å². The molecule has 3 aliphatic heterocycles. The summed E-state index contributed by atoms with van der Waals surface area (Å²) in [6.45, 7) is 13.0. The summed E-state index contributed by atoms with van der Waals surface area (Å²) in [7, 11) is 0. The van der Waals surface area contributed by atoms with E-state index in [9.17, 15) is 0 Å². The molecule has 0 aromatic carbocycles. The summed E-state index contributed by atoms with van der Waals surface area (Å²) in [4.78, 5) is 3.43. The zero-order valence-corrected chi connectivity index (χ0v) is 18.3. The average Bonchev–Trinajstić information content (AvgIpc) is 2.60. The molecule has 2 N–H and O–H groups in total. The number of likely N-dealkylation sites (tertiary alicyclic amines) is 2. The molecule has 3 saturated heterocycles. The van der Waals surface area contributed by atoms with Crippen LogP contribution in [-0.4, -0.2) is 51.5 Å². The fourth-order valence-electron chi connectivity index (χ4n) is 5.21. The van der Waals surface area contributed by atoms with Crippen LogP contribution in [0.4, 0.5) is 0 Å². The highest BCUT2D eigenvalue weighted by Crippen LogP contribution is 2.43.